The molecule has 0 aromatic rings. The largest absolute Gasteiger partial charge is 0.390 e. The van der Waals surface area contributed by atoms with Crippen LogP contribution in [0.2, 0.25) is 0 Å². The van der Waals surface area contributed by atoms with E-state index in [1.807, 2.05) is 0 Å². The van der Waals surface area contributed by atoms with Crippen molar-refractivity contribution in [1.82, 2.24) is 0 Å². The van der Waals surface area contributed by atoms with E-state index >= 15 is 0 Å². The monoisotopic (exact) mass is 240 g/mol. The van der Waals surface area contributed by atoms with Crippen LogP contribution in [0.5, 0.6) is 0 Å². The van der Waals surface area contributed by atoms with Crippen LogP contribution in [0.1, 0.15) is 66.2 Å². The number of fused-ring (bicyclic) bond motifs is 2. The van der Waals surface area contributed by atoms with E-state index in [9.17, 15) is 5.11 Å². The van der Waals surface area contributed by atoms with Gasteiger partial charge in [0.1, 0.15) is 0 Å². The molecular weight excluding hydrogens is 212 g/mol. The van der Waals surface area contributed by atoms with Crippen molar-refractivity contribution < 1.29 is 9.84 Å². The first-order valence-corrected chi connectivity index (χ1v) is 7.20. The molecule has 0 radical (unpaired) electrons. The van der Waals surface area contributed by atoms with Gasteiger partial charge in [0.05, 0.1) is 17.3 Å². The van der Waals surface area contributed by atoms with Crippen molar-refractivity contribution in [1.29, 1.82) is 0 Å². The molecule has 0 saturated heterocycles. The van der Waals surface area contributed by atoms with Gasteiger partial charge in [0.2, 0.25) is 0 Å². The Balaban J connectivity index is 2.14. The predicted octanol–water partition coefficient (Wildman–Crippen LogP) is 3.52. The Morgan fingerprint density at radius 2 is 2.00 bits per heavy atom. The molecular formula is C15H28O2. The van der Waals surface area contributed by atoms with Gasteiger partial charge in [0, 0.05) is 6.42 Å². The SMILES string of the molecule is CC1CCC2(O)CC(C1)CC(C)(OC(C)C)C2. The molecule has 0 aromatic carbocycles. The maximum absolute atomic E-state index is 10.8. The zero-order valence-corrected chi connectivity index (χ0v) is 11.8. The normalized spacial score (nSPS) is 46.9. The van der Waals surface area contributed by atoms with Crippen molar-refractivity contribution >= 4 is 0 Å². The molecule has 2 heteroatoms. The second-order valence-corrected chi connectivity index (χ2v) is 7.17. The highest BCUT2D eigenvalue weighted by Crippen LogP contribution is 2.48. The van der Waals surface area contributed by atoms with E-state index in [1.165, 1.54) is 12.8 Å². The molecule has 100 valence electrons. The highest BCUT2D eigenvalue weighted by molar-refractivity contribution is 4.99. The Morgan fingerprint density at radius 1 is 1.29 bits per heavy atom. The highest BCUT2D eigenvalue weighted by atomic mass is 16.5. The molecule has 4 unspecified atom stereocenters. The van der Waals surface area contributed by atoms with Crippen LogP contribution >= 0.6 is 0 Å². The second-order valence-electron chi connectivity index (χ2n) is 7.17. The third-order valence-electron chi connectivity index (χ3n) is 4.45. The average molecular weight is 240 g/mol. The minimum atomic E-state index is -0.461. The van der Waals surface area contributed by atoms with Crippen LogP contribution in [0, 0.1) is 11.8 Å². The van der Waals surface area contributed by atoms with E-state index in [0.717, 1.165) is 31.6 Å². The van der Waals surface area contributed by atoms with Crippen LogP contribution in [0.3, 0.4) is 0 Å². The van der Waals surface area contributed by atoms with Gasteiger partial charge in [-0.15, -0.1) is 0 Å². The Hall–Kier alpha value is -0.0800. The van der Waals surface area contributed by atoms with Gasteiger partial charge in [-0.3, -0.25) is 0 Å². The molecule has 0 spiro atoms. The van der Waals surface area contributed by atoms with Crippen LogP contribution in [0.4, 0.5) is 0 Å². The van der Waals surface area contributed by atoms with Crippen molar-refractivity contribution in [2.24, 2.45) is 11.8 Å². The second kappa shape index (κ2) is 4.55. The smallest absolute Gasteiger partial charge is 0.0688 e. The minimum absolute atomic E-state index is 0.115. The summed E-state index contributed by atoms with van der Waals surface area (Å²) in [4.78, 5) is 0. The number of ether oxygens (including phenoxy) is 1. The maximum Gasteiger partial charge on any atom is 0.0688 e. The summed E-state index contributed by atoms with van der Waals surface area (Å²) in [5.41, 5.74) is -0.576. The fraction of sp³-hybridized carbons (Fsp3) is 1.00. The van der Waals surface area contributed by atoms with E-state index in [-0.39, 0.29) is 11.7 Å². The predicted molar refractivity (Wildman–Crippen MR) is 69.9 cm³/mol. The van der Waals surface area contributed by atoms with E-state index in [4.69, 9.17) is 4.74 Å². The molecule has 2 nitrogen and oxygen atoms in total. The molecule has 2 aliphatic rings. The first-order chi connectivity index (χ1) is 7.80. The summed E-state index contributed by atoms with van der Waals surface area (Å²) in [7, 11) is 0. The van der Waals surface area contributed by atoms with Gasteiger partial charge in [-0.1, -0.05) is 6.92 Å². The third-order valence-corrected chi connectivity index (χ3v) is 4.45. The van der Waals surface area contributed by atoms with Gasteiger partial charge in [0.25, 0.3) is 0 Å². The van der Waals surface area contributed by atoms with Gasteiger partial charge in [-0.25, -0.2) is 0 Å². The molecule has 2 bridgehead atoms. The molecule has 1 N–H and O–H groups in total. The minimum Gasteiger partial charge on any atom is -0.390 e. The van der Waals surface area contributed by atoms with Crippen molar-refractivity contribution in [2.45, 2.75) is 83.5 Å². The van der Waals surface area contributed by atoms with E-state index in [2.05, 4.69) is 27.7 Å². The van der Waals surface area contributed by atoms with Crippen LogP contribution in [0.15, 0.2) is 0 Å². The van der Waals surface area contributed by atoms with E-state index in [0.29, 0.717) is 5.92 Å². The first-order valence-electron chi connectivity index (χ1n) is 7.20. The first kappa shape index (κ1) is 13.4. The van der Waals surface area contributed by atoms with Gasteiger partial charge in [-0.2, -0.15) is 0 Å². The van der Waals surface area contributed by atoms with Gasteiger partial charge >= 0.3 is 0 Å². The maximum atomic E-state index is 10.8. The highest BCUT2D eigenvalue weighted by Gasteiger charge is 2.47. The van der Waals surface area contributed by atoms with Crippen molar-refractivity contribution in [3.63, 3.8) is 0 Å². The molecule has 2 fully saturated rings. The lowest BCUT2D eigenvalue weighted by Crippen LogP contribution is -2.48. The Kier molecular flexibility index (Phi) is 3.57. The van der Waals surface area contributed by atoms with Crippen LogP contribution < -0.4 is 0 Å². The number of aliphatic hydroxyl groups is 1. The summed E-state index contributed by atoms with van der Waals surface area (Å²) in [6.07, 6.45) is 6.58. The standard InChI is InChI=1S/C15H28O2/c1-11(2)17-14(4)8-13-7-12(3)5-6-15(16,9-13)10-14/h11-13,16H,5-10H2,1-4H3. The van der Waals surface area contributed by atoms with Crippen LogP contribution in [-0.2, 0) is 4.74 Å². The van der Waals surface area contributed by atoms with Gasteiger partial charge in [-0.05, 0) is 64.7 Å². The van der Waals surface area contributed by atoms with Gasteiger partial charge in [0.15, 0.2) is 0 Å². The number of hydrogen-bond acceptors (Lipinski definition) is 2. The lowest BCUT2D eigenvalue weighted by atomic mass is 9.69. The third kappa shape index (κ3) is 3.23. The molecule has 0 aromatic heterocycles. The van der Waals surface area contributed by atoms with Crippen molar-refractivity contribution in [3.05, 3.63) is 0 Å². The van der Waals surface area contributed by atoms with Crippen molar-refractivity contribution in [2.75, 3.05) is 0 Å². The average Bonchev–Trinajstić information content (AvgIpc) is 2.20. The summed E-state index contributed by atoms with van der Waals surface area (Å²) in [5, 5.41) is 10.8. The van der Waals surface area contributed by atoms with E-state index < -0.39 is 5.60 Å². The van der Waals surface area contributed by atoms with Gasteiger partial charge < -0.3 is 9.84 Å². The fourth-order valence-corrected chi connectivity index (χ4v) is 4.28. The molecule has 4 atom stereocenters. The topological polar surface area (TPSA) is 29.5 Å². The number of rotatable bonds is 2. The Morgan fingerprint density at radius 3 is 2.65 bits per heavy atom. The molecule has 0 aliphatic heterocycles. The molecule has 2 aliphatic carbocycles. The molecule has 2 rings (SSSR count). The summed E-state index contributed by atoms with van der Waals surface area (Å²) in [6, 6.07) is 0. The van der Waals surface area contributed by atoms with Crippen molar-refractivity contribution in [3.8, 4) is 0 Å². The summed E-state index contributed by atoms with van der Waals surface area (Å²) in [5.74, 6) is 1.41. The summed E-state index contributed by atoms with van der Waals surface area (Å²) >= 11 is 0. The quantitative estimate of drug-likeness (QED) is 0.800. The lowest BCUT2D eigenvalue weighted by molar-refractivity contribution is -0.157. The zero-order chi connectivity index (χ0) is 12.7. The summed E-state index contributed by atoms with van der Waals surface area (Å²) < 4.78 is 6.11. The molecule has 2 saturated carbocycles. The molecule has 0 amide bonds. The zero-order valence-electron chi connectivity index (χ0n) is 11.8. The lowest BCUT2D eigenvalue weighted by Gasteiger charge is -2.46. The number of hydrogen-bond donors (Lipinski definition) is 1. The summed E-state index contributed by atoms with van der Waals surface area (Å²) in [6.45, 7) is 8.71. The molecule has 17 heavy (non-hydrogen) atoms. The van der Waals surface area contributed by atoms with Crippen LogP contribution in [-0.4, -0.2) is 22.4 Å². The Bertz CT molecular complexity index is 276. The fourth-order valence-electron chi connectivity index (χ4n) is 4.28. The Labute approximate surface area is 106 Å². The molecule has 0 heterocycles. The van der Waals surface area contributed by atoms with Crippen LogP contribution in [0.25, 0.3) is 0 Å². The van der Waals surface area contributed by atoms with E-state index in [1.54, 1.807) is 0 Å².